The smallest absolute Gasteiger partial charge is 0.205 e. The van der Waals surface area contributed by atoms with Gasteiger partial charge in [-0.2, -0.15) is 0 Å². The molecule has 0 unspecified atom stereocenters. The van der Waals surface area contributed by atoms with E-state index in [4.69, 9.17) is 4.74 Å². The zero-order valence-corrected chi connectivity index (χ0v) is 10.5. The lowest BCUT2D eigenvalue weighted by Crippen LogP contribution is -2.04. The molecule has 90 valence electrons. The van der Waals surface area contributed by atoms with Gasteiger partial charge >= 0.3 is 0 Å². The van der Waals surface area contributed by atoms with Crippen LogP contribution in [0.25, 0.3) is 10.9 Å². The predicted octanol–water partition coefficient (Wildman–Crippen LogP) is 3.26. The van der Waals surface area contributed by atoms with Gasteiger partial charge in [-0.05, 0) is 26.8 Å². The normalized spacial score (nSPS) is 10.8. The van der Waals surface area contributed by atoms with Gasteiger partial charge in [0.15, 0.2) is 5.78 Å². The van der Waals surface area contributed by atoms with Gasteiger partial charge < -0.3 is 9.30 Å². The van der Waals surface area contributed by atoms with Crippen LogP contribution in [0.2, 0.25) is 0 Å². The van der Waals surface area contributed by atoms with E-state index in [9.17, 15) is 4.79 Å². The van der Waals surface area contributed by atoms with Crippen LogP contribution in [0.3, 0.4) is 0 Å². The lowest BCUT2D eigenvalue weighted by Gasteiger charge is -2.09. The van der Waals surface area contributed by atoms with Gasteiger partial charge in [0.25, 0.3) is 0 Å². The van der Waals surface area contributed by atoms with E-state index in [2.05, 4.69) is 11.5 Å². The molecule has 0 fully saturated rings. The van der Waals surface area contributed by atoms with Crippen molar-refractivity contribution in [3.63, 3.8) is 0 Å². The fraction of sp³-hybridized carbons (Fsp3) is 0.357. The maximum atomic E-state index is 11.8. The molecule has 0 amide bonds. The van der Waals surface area contributed by atoms with Crippen LogP contribution < -0.4 is 4.74 Å². The highest BCUT2D eigenvalue weighted by Gasteiger charge is 2.20. The fourth-order valence-corrected chi connectivity index (χ4v) is 2.22. The number of Topliss-reactive ketones (excluding diaryl/α,β-unsaturated/α-hetero) is 1. The highest BCUT2D eigenvalue weighted by molar-refractivity contribution is 6.09. The Kier molecular flexibility index (Phi) is 3.18. The number of ether oxygens (including phenoxy) is 1. The molecule has 2 aromatic rings. The molecule has 0 atom stereocenters. The highest BCUT2D eigenvalue weighted by atomic mass is 16.5. The van der Waals surface area contributed by atoms with Crippen LogP contribution in [-0.4, -0.2) is 17.0 Å². The van der Waals surface area contributed by atoms with E-state index < -0.39 is 0 Å². The minimum absolute atomic E-state index is 0.0526. The van der Waals surface area contributed by atoms with E-state index in [1.807, 2.05) is 31.2 Å². The molecular weight excluding hydrogens is 214 g/mol. The van der Waals surface area contributed by atoms with E-state index in [-0.39, 0.29) is 5.78 Å². The van der Waals surface area contributed by atoms with Crippen LogP contribution in [0.4, 0.5) is 0 Å². The molecule has 0 N–H and O–H groups in total. The molecule has 2 rings (SSSR count). The number of fused-ring (bicyclic) bond motifs is 1. The van der Waals surface area contributed by atoms with Crippen molar-refractivity contribution >= 4 is 16.7 Å². The SMILES string of the molecule is CCOc1c(C(C)=O)c2ccccc2n1CC. The molecule has 0 bridgehead atoms. The van der Waals surface area contributed by atoms with Crippen molar-refractivity contribution in [1.82, 2.24) is 4.57 Å². The molecule has 3 nitrogen and oxygen atoms in total. The Bertz CT molecular complexity index is 555. The van der Waals surface area contributed by atoms with E-state index in [0.717, 1.165) is 17.4 Å². The molecule has 0 aliphatic rings. The minimum Gasteiger partial charge on any atom is -0.479 e. The number of carbonyl (C=O) groups excluding carboxylic acids is 1. The van der Waals surface area contributed by atoms with Gasteiger partial charge in [-0.25, -0.2) is 0 Å². The fourth-order valence-electron chi connectivity index (χ4n) is 2.22. The summed E-state index contributed by atoms with van der Waals surface area (Å²) in [4.78, 5) is 11.8. The predicted molar refractivity (Wildman–Crippen MR) is 68.8 cm³/mol. The number of hydrogen-bond donors (Lipinski definition) is 0. The molecule has 0 saturated carbocycles. The number of aryl methyl sites for hydroxylation is 1. The average Bonchev–Trinajstić information content (AvgIpc) is 2.62. The molecule has 0 radical (unpaired) electrons. The van der Waals surface area contributed by atoms with E-state index in [0.29, 0.717) is 18.1 Å². The molecule has 1 heterocycles. The molecule has 0 aliphatic heterocycles. The summed E-state index contributed by atoms with van der Waals surface area (Å²) in [5.41, 5.74) is 1.76. The van der Waals surface area contributed by atoms with Crippen LogP contribution in [0.1, 0.15) is 31.1 Å². The first-order chi connectivity index (χ1) is 8.20. The number of benzene rings is 1. The van der Waals surface area contributed by atoms with Gasteiger partial charge in [0.05, 0.1) is 17.7 Å². The summed E-state index contributed by atoms with van der Waals surface area (Å²) < 4.78 is 7.70. The average molecular weight is 231 g/mol. The molecule has 1 aromatic heterocycles. The van der Waals surface area contributed by atoms with Gasteiger partial charge in [-0.3, -0.25) is 4.79 Å². The maximum absolute atomic E-state index is 11.8. The Morgan fingerprint density at radius 3 is 2.59 bits per heavy atom. The summed E-state index contributed by atoms with van der Waals surface area (Å²) in [6, 6.07) is 7.92. The molecular formula is C14H17NO2. The molecule has 3 heteroatoms. The van der Waals surface area contributed by atoms with Crippen LogP contribution in [-0.2, 0) is 6.54 Å². The Balaban J connectivity index is 2.82. The Morgan fingerprint density at radius 1 is 1.29 bits per heavy atom. The third kappa shape index (κ3) is 1.82. The first-order valence-corrected chi connectivity index (χ1v) is 5.95. The highest BCUT2D eigenvalue weighted by Crippen LogP contribution is 2.32. The van der Waals surface area contributed by atoms with Crippen LogP contribution in [0.15, 0.2) is 24.3 Å². The lowest BCUT2D eigenvalue weighted by atomic mass is 10.1. The van der Waals surface area contributed by atoms with Gasteiger partial charge in [-0.1, -0.05) is 18.2 Å². The monoisotopic (exact) mass is 231 g/mol. The molecule has 17 heavy (non-hydrogen) atoms. The second kappa shape index (κ2) is 4.62. The van der Waals surface area contributed by atoms with Crippen molar-refractivity contribution in [2.45, 2.75) is 27.3 Å². The first-order valence-electron chi connectivity index (χ1n) is 5.95. The first kappa shape index (κ1) is 11.7. The van der Waals surface area contributed by atoms with Crippen molar-refractivity contribution in [2.75, 3.05) is 6.61 Å². The summed E-state index contributed by atoms with van der Waals surface area (Å²) in [5.74, 6) is 0.751. The summed E-state index contributed by atoms with van der Waals surface area (Å²) in [6.07, 6.45) is 0. The van der Waals surface area contributed by atoms with Crippen LogP contribution >= 0.6 is 0 Å². The zero-order chi connectivity index (χ0) is 12.4. The largest absolute Gasteiger partial charge is 0.479 e. The number of ketones is 1. The summed E-state index contributed by atoms with van der Waals surface area (Å²) >= 11 is 0. The van der Waals surface area contributed by atoms with Crippen molar-refractivity contribution in [2.24, 2.45) is 0 Å². The van der Waals surface area contributed by atoms with Gasteiger partial charge in [0, 0.05) is 11.9 Å². The molecule has 0 saturated heterocycles. The Morgan fingerprint density at radius 2 is 2.00 bits per heavy atom. The van der Waals surface area contributed by atoms with Gasteiger partial charge in [0.2, 0.25) is 5.88 Å². The third-order valence-corrected chi connectivity index (χ3v) is 2.87. The summed E-state index contributed by atoms with van der Waals surface area (Å²) in [5, 5.41) is 0.977. The van der Waals surface area contributed by atoms with Crippen LogP contribution in [0.5, 0.6) is 5.88 Å². The Labute approximate surface area is 101 Å². The third-order valence-electron chi connectivity index (χ3n) is 2.87. The summed E-state index contributed by atoms with van der Waals surface area (Å²) in [6.45, 7) is 6.94. The van der Waals surface area contributed by atoms with E-state index in [1.54, 1.807) is 6.92 Å². The van der Waals surface area contributed by atoms with Crippen molar-refractivity contribution < 1.29 is 9.53 Å². The quantitative estimate of drug-likeness (QED) is 0.756. The minimum atomic E-state index is 0.0526. The second-order valence-corrected chi connectivity index (χ2v) is 3.93. The van der Waals surface area contributed by atoms with E-state index >= 15 is 0 Å². The van der Waals surface area contributed by atoms with Crippen LogP contribution in [0, 0.1) is 0 Å². The number of hydrogen-bond acceptors (Lipinski definition) is 2. The topological polar surface area (TPSA) is 31.2 Å². The van der Waals surface area contributed by atoms with Crippen molar-refractivity contribution in [1.29, 1.82) is 0 Å². The standard InChI is InChI=1S/C14H17NO2/c1-4-15-12-9-7-6-8-11(12)13(10(3)16)14(15)17-5-2/h6-9H,4-5H2,1-3H3. The number of aromatic nitrogens is 1. The maximum Gasteiger partial charge on any atom is 0.205 e. The number of rotatable bonds is 4. The number of carbonyl (C=O) groups is 1. The Hall–Kier alpha value is -1.77. The van der Waals surface area contributed by atoms with Gasteiger partial charge in [0.1, 0.15) is 0 Å². The molecule has 1 aromatic carbocycles. The summed E-state index contributed by atoms with van der Waals surface area (Å²) in [7, 11) is 0. The lowest BCUT2D eigenvalue weighted by molar-refractivity contribution is 0.101. The number of nitrogens with zero attached hydrogens (tertiary/aromatic N) is 1. The number of para-hydroxylation sites is 1. The van der Waals surface area contributed by atoms with E-state index in [1.165, 1.54) is 0 Å². The molecule has 0 aliphatic carbocycles. The molecule has 0 spiro atoms. The van der Waals surface area contributed by atoms with Crippen molar-refractivity contribution in [3.05, 3.63) is 29.8 Å². The van der Waals surface area contributed by atoms with Crippen molar-refractivity contribution in [3.8, 4) is 5.88 Å². The van der Waals surface area contributed by atoms with Gasteiger partial charge in [-0.15, -0.1) is 0 Å². The zero-order valence-electron chi connectivity index (χ0n) is 10.5. The second-order valence-electron chi connectivity index (χ2n) is 3.93.